The standard InChI is InChI=1S/C18H17F3N4OS2/c1-3-25-15(14-5-4-10-27-14)23-24-17(25)28-11(2)16(26)22-13-8-6-12(7-9-13)18(19,20)21/h4-11H,3H2,1-2H3,(H,22,26). The minimum Gasteiger partial charge on any atom is -0.325 e. The topological polar surface area (TPSA) is 59.8 Å². The lowest BCUT2D eigenvalue weighted by molar-refractivity contribution is -0.137. The first-order valence-electron chi connectivity index (χ1n) is 8.41. The van der Waals surface area contributed by atoms with Crippen molar-refractivity contribution in [2.45, 2.75) is 37.0 Å². The van der Waals surface area contributed by atoms with Crippen molar-refractivity contribution < 1.29 is 18.0 Å². The van der Waals surface area contributed by atoms with Crippen molar-refractivity contribution in [2.24, 2.45) is 0 Å². The van der Waals surface area contributed by atoms with E-state index in [1.165, 1.54) is 23.9 Å². The van der Waals surface area contributed by atoms with Crippen LogP contribution in [-0.2, 0) is 17.5 Å². The van der Waals surface area contributed by atoms with Gasteiger partial charge >= 0.3 is 6.18 Å². The third-order valence-electron chi connectivity index (χ3n) is 3.91. The van der Waals surface area contributed by atoms with E-state index in [4.69, 9.17) is 0 Å². The number of carbonyl (C=O) groups excluding carboxylic acids is 1. The zero-order chi connectivity index (χ0) is 20.3. The van der Waals surface area contributed by atoms with E-state index in [0.29, 0.717) is 17.4 Å². The van der Waals surface area contributed by atoms with Crippen LogP contribution in [0.3, 0.4) is 0 Å². The van der Waals surface area contributed by atoms with Crippen molar-refractivity contribution in [3.63, 3.8) is 0 Å². The number of alkyl halides is 3. The largest absolute Gasteiger partial charge is 0.416 e. The van der Waals surface area contributed by atoms with Crippen LogP contribution in [0.1, 0.15) is 19.4 Å². The van der Waals surface area contributed by atoms with Crippen molar-refractivity contribution >= 4 is 34.7 Å². The van der Waals surface area contributed by atoms with Gasteiger partial charge in [0, 0.05) is 12.2 Å². The number of nitrogens with one attached hydrogen (secondary N) is 1. The van der Waals surface area contributed by atoms with E-state index >= 15 is 0 Å². The Morgan fingerprint density at radius 3 is 2.54 bits per heavy atom. The molecule has 1 atom stereocenters. The van der Waals surface area contributed by atoms with Crippen LogP contribution in [0.2, 0.25) is 0 Å². The highest BCUT2D eigenvalue weighted by Crippen LogP contribution is 2.31. The number of aromatic nitrogens is 3. The van der Waals surface area contributed by atoms with E-state index in [0.717, 1.165) is 22.8 Å². The fourth-order valence-electron chi connectivity index (χ4n) is 2.45. The summed E-state index contributed by atoms with van der Waals surface area (Å²) in [6.07, 6.45) is -4.41. The summed E-state index contributed by atoms with van der Waals surface area (Å²) in [6, 6.07) is 8.24. The highest BCUT2D eigenvalue weighted by Gasteiger charge is 2.30. The van der Waals surface area contributed by atoms with Gasteiger partial charge in [-0.3, -0.25) is 4.79 Å². The van der Waals surface area contributed by atoms with Crippen LogP contribution in [-0.4, -0.2) is 25.9 Å². The number of hydrogen-bond donors (Lipinski definition) is 1. The molecule has 0 aliphatic heterocycles. The lowest BCUT2D eigenvalue weighted by Crippen LogP contribution is -2.23. The van der Waals surface area contributed by atoms with Crippen LogP contribution >= 0.6 is 23.1 Å². The molecule has 0 aliphatic carbocycles. The molecule has 1 unspecified atom stereocenters. The van der Waals surface area contributed by atoms with Gasteiger partial charge in [-0.15, -0.1) is 21.5 Å². The van der Waals surface area contributed by atoms with Crippen molar-refractivity contribution in [3.8, 4) is 10.7 Å². The van der Waals surface area contributed by atoms with Crippen LogP contribution < -0.4 is 5.32 Å². The van der Waals surface area contributed by atoms with Gasteiger partial charge in [0.15, 0.2) is 11.0 Å². The third-order valence-corrected chi connectivity index (χ3v) is 5.85. The van der Waals surface area contributed by atoms with Gasteiger partial charge in [0.25, 0.3) is 0 Å². The molecule has 0 saturated carbocycles. The SMILES string of the molecule is CCn1c(SC(C)C(=O)Nc2ccc(C(F)(F)F)cc2)nnc1-c1cccs1. The Morgan fingerprint density at radius 2 is 1.96 bits per heavy atom. The Morgan fingerprint density at radius 1 is 1.25 bits per heavy atom. The first-order valence-corrected chi connectivity index (χ1v) is 10.2. The van der Waals surface area contributed by atoms with Crippen LogP contribution in [0.4, 0.5) is 18.9 Å². The molecule has 1 N–H and O–H groups in total. The molecule has 3 rings (SSSR count). The molecule has 28 heavy (non-hydrogen) atoms. The second kappa shape index (κ2) is 8.36. The zero-order valence-corrected chi connectivity index (χ0v) is 16.7. The molecule has 0 spiro atoms. The highest BCUT2D eigenvalue weighted by molar-refractivity contribution is 8.00. The lowest BCUT2D eigenvalue weighted by Gasteiger charge is -2.13. The van der Waals surface area contributed by atoms with Crippen LogP contribution in [0.25, 0.3) is 10.7 Å². The summed E-state index contributed by atoms with van der Waals surface area (Å²) >= 11 is 2.81. The Bertz CT molecular complexity index is 937. The maximum atomic E-state index is 12.6. The molecule has 0 aliphatic rings. The summed E-state index contributed by atoms with van der Waals surface area (Å²) in [5.74, 6) is 0.420. The van der Waals surface area contributed by atoms with Gasteiger partial charge in [-0.05, 0) is 49.6 Å². The maximum absolute atomic E-state index is 12.6. The van der Waals surface area contributed by atoms with Gasteiger partial charge in [0.2, 0.25) is 5.91 Å². The summed E-state index contributed by atoms with van der Waals surface area (Å²) < 4.78 is 39.8. The van der Waals surface area contributed by atoms with Crippen LogP contribution in [0, 0.1) is 0 Å². The minimum atomic E-state index is -4.41. The monoisotopic (exact) mass is 426 g/mol. The van der Waals surface area contributed by atoms with Crippen molar-refractivity contribution in [1.29, 1.82) is 0 Å². The molecule has 0 saturated heterocycles. The zero-order valence-electron chi connectivity index (χ0n) is 15.0. The predicted molar refractivity (Wildman–Crippen MR) is 104 cm³/mol. The number of carbonyl (C=O) groups is 1. The Labute approximate surface area is 168 Å². The average Bonchev–Trinajstić information content (AvgIpc) is 3.30. The van der Waals surface area contributed by atoms with E-state index < -0.39 is 17.0 Å². The molecule has 2 aromatic heterocycles. The van der Waals surface area contributed by atoms with Crippen LogP contribution in [0.5, 0.6) is 0 Å². The molecule has 148 valence electrons. The number of rotatable bonds is 6. The second-order valence-electron chi connectivity index (χ2n) is 5.85. The van der Waals surface area contributed by atoms with Gasteiger partial charge < -0.3 is 9.88 Å². The molecule has 1 amide bonds. The molecule has 3 aromatic rings. The number of hydrogen-bond acceptors (Lipinski definition) is 5. The normalized spacial score (nSPS) is 12.8. The molecule has 0 bridgehead atoms. The molecular formula is C18H17F3N4OS2. The number of thiophene rings is 1. The third kappa shape index (κ3) is 4.56. The van der Waals surface area contributed by atoms with E-state index in [1.54, 1.807) is 18.3 Å². The number of benzene rings is 1. The second-order valence-corrected chi connectivity index (χ2v) is 8.11. The Kier molecular flexibility index (Phi) is 6.09. The first kappa shape index (κ1) is 20.4. The predicted octanol–water partition coefficient (Wildman–Crippen LogP) is 5.16. The van der Waals surface area contributed by atoms with E-state index in [9.17, 15) is 18.0 Å². The summed E-state index contributed by atoms with van der Waals surface area (Å²) in [6.45, 7) is 4.33. The average molecular weight is 426 g/mol. The van der Waals surface area contributed by atoms with Crippen molar-refractivity contribution in [2.75, 3.05) is 5.32 Å². The molecular weight excluding hydrogens is 409 g/mol. The molecule has 0 fully saturated rings. The molecule has 10 heteroatoms. The van der Waals surface area contributed by atoms with E-state index in [2.05, 4.69) is 15.5 Å². The smallest absolute Gasteiger partial charge is 0.325 e. The first-order chi connectivity index (χ1) is 13.3. The van der Waals surface area contributed by atoms with Gasteiger partial charge in [0.05, 0.1) is 15.7 Å². The lowest BCUT2D eigenvalue weighted by atomic mass is 10.2. The number of amides is 1. The van der Waals surface area contributed by atoms with Gasteiger partial charge in [-0.2, -0.15) is 13.2 Å². The Balaban J connectivity index is 1.68. The number of nitrogens with zero attached hydrogens (tertiary/aromatic N) is 3. The number of anilines is 1. The number of halogens is 3. The summed E-state index contributed by atoms with van der Waals surface area (Å²) in [5.41, 5.74) is -0.452. The quantitative estimate of drug-likeness (QED) is 0.553. The fraction of sp³-hybridized carbons (Fsp3) is 0.278. The van der Waals surface area contributed by atoms with Gasteiger partial charge in [0.1, 0.15) is 0 Å². The molecule has 1 aromatic carbocycles. The highest BCUT2D eigenvalue weighted by atomic mass is 32.2. The number of thioether (sulfide) groups is 1. The van der Waals surface area contributed by atoms with E-state index in [1.807, 2.05) is 29.0 Å². The summed E-state index contributed by atoms with van der Waals surface area (Å²) in [5, 5.41) is 13.1. The van der Waals surface area contributed by atoms with Crippen molar-refractivity contribution in [3.05, 3.63) is 47.3 Å². The van der Waals surface area contributed by atoms with E-state index in [-0.39, 0.29) is 5.91 Å². The summed E-state index contributed by atoms with van der Waals surface area (Å²) in [7, 11) is 0. The molecule has 2 heterocycles. The van der Waals surface area contributed by atoms with Crippen LogP contribution in [0.15, 0.2) is 46.9 Å². The van der Waals surface area contributed by atoms with Crippen molar-refractivity contribution in [1.82, 2.24) is 14.8 Å². The maximum Gasteiger partial charge on any atom is 0.416 e. The molecule has 5 nitrogen and oxygen atoms in total. The Hall–Kier alpha value is -2.33. The van der Waals surface area contributed by atoms with Gasteiger partial charge in [-0.25, -0.2) is 0 Å². The van der Waals surface area contributed by atoms with Gasteiger partial charge in [-0.1, -0.05) is 17.8 Å². The minimum absolute atomic E-state index is 0.307. The fourth-order valence-corrected chi connectivity index (χ4v) is 4.08. The molecule has 0 radical (unpaired) electrons. The summed E-state index contributed by atoms with van der Waals surface area (Å²) in [4.78, 5) is 13.4.